The van der Waals surface area contributed by atoms with E-state index in [2.05, 4.69) is 19.9 Å². The minimum Gasteiger partial charge on any atom is -0.355 e. The molecule has 0 atom stereocenters. The van der Waals surface area contributed by atoms with Crippen LogP contribution in [0.3, 0.4) is 0 Å². The van der Waals surface area contributed by atoms with Gasteiger partial charge < -0.3 is 4.90 Å². The second kappa shape index (κ2) is 7.48. The molecule has 150 valence electrons. The van der Waals surface area contributed by atoms with Crippen LogP contribution in [0.25, 0.3) is 21.6 Å². The van der Waals surface area contributed by atoms with Crippen LogP contribution >= 0.6 is 0 Å². The molecular formula is C21H15F3N6. The number of alkyl halides is 3. The van der Waals surface area contributed by atoms with Crippen LogP contribution in [0.4, 0.5) is 24.7 Å². The van der Waals surface area contributed by atoms with Gasteiger partial charge in [0.15, 0.2) is 0 Å². The third-order valence-electron chi connectivity index (χ3n) is 4.62. The van der Waals surface area contributed by atoms with Crippen LogP contribution in [-0.2, 0) is 12.7 Å². The SMILES string of the molecule is [C-]#[N+]c1ccc(N(C)Cc2ccn3ncc(-c4ccc(C(F)(F)F)cn4)c3c2)nc1. The molecule has 4 heterocycles. The lowest BCUT2D eigenvalue weighted by molar-refractivity contribution is -0.137. The van der Waals surface area contributed by atoms with Gasteiger partial charge in [0, 0.05) is 37.7 Å². The number of hydrogen-bond donors (Lipinski definition) is 0. The van der Waals surface area contributed by atoms with E-state index in [0.717, 1.165) is 29.2 Å². The van der Waals surface area contributed by atoms with Crippen molar-refractivity contribution in [1.29, 1.82) is 0 Å². The maximum Gasteiger partial charge on any atom is 0.417 e. The minimum absolute atomic E-state index is 0.417. The van der Waals surface area contributed by atoms with Gasteiger partial charge in [0.25, 0.3) is 0 Å². The molecule has 6 nitrogen and oxygen atoms in total. The lowest BCUT2D eigenvalue weighted by Gasteiger charge is -2.18. The third-order valence-corrected chi connectivity index (χ3v) is 4.62. The van der Waals surface area contributed by atoms with Crippen LogP contribution in [0.15, 0.2) is 61.2 Å². The van der Waals surface area contributed by atoms with Crippen molar-refractivity contribution in [1.82, 2.24) is 19.6 Å². The van der Waals surface area contributed by atoms with E-state index in [1.807, 2.05) is 24.1 Å². The van der Waals surface area contributed by atoms with Gasteiger partial charge in [-0.05, 0) is 35.9 Å². The zero-order chi connectivity index (χ0) is 21.3. The Morgan fingerprint density at radius 3 is 2.53 bits per heavy atom. The summed E-state index contributed by atoms with van der Waals surface area (Å²) in [5.74, 6) is 0.723. The Labute approximate surface area is 170 Å². The summed E-state index contributed by atoms with van der Waals surface area (Å²) in [7, 11) is 1.89. The number of hydrogen-bond acceptors (Lipinski definition) is 4. The van der Waals surface area contributed by atoms with Crippen molar-refractivity contribution in [3.8, 4) is 11.3 Å². The van der Waals surface area contributed by atoms with E-state index < -0.39 is 11.7 Å². The molecule has 0 saturated carbocycles. The predicted molar refractivity (Wildman–Crippen MR) is 106 cm³/mol. The molecule has 0 N–H and O–H groups in total. The number of aromatic nitrogens is 4. The largest absolute Gasteiger partial charge is 0.417 e. The Morgan fingerprint density at radius 2 is 1.90 bits per heavy atom. The molecule has 0 spiro atoms. The monoisotopic (exact) mass is 408 g/mol. The predicted octanol–water partition coefficient (Wildman–Crippen LogP) is 5.00. The van der Waals surface area contributed by atoms with E-state index >= 15 is 0 Å². The lowest BCUT2D eigenvalue weighted by atomic mass is 10.1. The maximum absolute atomic E-state index is 12.8. The lowest BCUT2D eigenvalue weighted by Crippen LogP contribution is -2.17. The first-order valence-corrected chi connectivity index (χ1v) is 8.90. The van der Waals surface area contributed by atoms with Gasteiger partial charge in [-0.15, -0.1) is 0 Å². The molecule has 4 aromatic rings. The molecule has 0 aliphatic heterocycles. The van der Waals surface area contributed by atoms with Crippen molar-refractivity contribution in [2.24, 2.45) is 0 Å². The molecule has 0 fully saturated rings. The van der Waals surface area contributed by atoms with E-state index in [4.69, 9.17) is 6.57 Å². The van der Waals surface area contributed by atoms with Crippen molar-refractivity contribution < 1.29 is 13.2 Å². The molecule has 0 amide bonds. The molecule has 0 unspecified atom stereocenters. The van der Waals surface area contributed by atoms with Crippen molar-refractivity contribution in [2.45, 2.75) is 12.7 Å². The Hall–Kier alpha value is -3.93. The zero-order valence-electron chi connectivity index (χ0n) is 15.8. The second-order valence-corrected chi connectivity index (χ2v) is 6.70. The molecule has 30 heavy (non-hydrogen) atoms. The summed E-state index contributed by atoms with van der Waals surface area (Å²) < 4.78 is 40.0. The first kappa shape index (κ1) is 19.4. The average Bonchev–Trinajstić information content (AvgIpc) is 3.16. The Kier molecular flexibility index (Phi) is 4.83. The van der Waals surface area contributed by atoms with Crippen LogP contribution in [0, 0.1) is 6.57 Å². The Balaban J connectivity index is 1.62. The molecule has 9 heteroatoms. The molecule has 0 saturated heterocycles. The van der Waals surface area contributed by atoms with Gasteiger partial charge in [-0.2, -0.15) is 18.3 Å². The molecule has 0 radical (unpaired) electrons. The molecule has 0 bridgehead atoms. The topological polar surface area (TPSA) is 50.7 Å². The summed E-state index contributed by atoms with van der Waals surface area (Å²) in [6, 6.07) is 9.69. The quantitative estimate of drug-likeness (QED) is 0.446. The third kappa shape index (κ3) is 3.80. The fourth-order valence-corrected chi connectivity index (χ4v) is 3.07. The van der Waals surface area contributed by atoms with Crippen molar-refractivity contribution in [2.75, 3.05) is 11.9 Å². The van der Waals surface area contributed by atoms with Crippen molar-refractivity contribution in [3.05, 3.63) is 83.7 Å². The maximum atomic E-state index is 12.8. The highest BCUT2D eigenvalue weighted by atomic mass is 19.4. The van der Waals surface area contributed by atoms with E-state index in [-0.39, 0.29) is 0 Å². The number of pyridine rings is 3. The minimum atomic E-state index is -4.43. The summed E-state index contributed by atoms with van der Waals surface area (Å²) >= 11 is 0. The van der Waals surface area contributed by atoms with E-state index in [1.54, 1.807) is 29.0 Å². The van der Waals surface area contributed by atoms with Gasteiger partial charge in [-0.3, -0.25) is 9.97 Å². The van der Waals surface area contributed by atoms with Crippen LogP contribution in [0.5, 0.6) is 0 Å². The molecule has 0 aliphatic rings. The first-order chi connectivity index (χ1) is 14.3. The average molecular weight is 408 g/mol. The fraction of sp³-hybridized carbons (Fsp3) is 0.143. The number of halogens is 3. The molecule has 0 aromatic carbocycles. The van der Waals surface area contributed by atoms with E-state index in [9.17, 15) is 13.2 Å². The summed E-state index contributed by atoms with van der Waals surface area (Å²) in [5.41, 5.74) is 2.45. The van der Waals surface area contributed by atoms with Crippen molar-refractivity contribution >= 4 is 17.0 Å². The highest BCUT2D eigenvalue weighted by Gasteiger charge is 2.30. The summed E-state index contributed by atoms with van der Waals surface area (Å²) in [4.78, 5) is 13.5. The summed E-state index contributed by atoms with van der Waals surface area (Å²) in [6.45, 7) is 7.55. The van der Waals surface area contributed by atoms with Gasteiger partial charge in [0.2, 0.25) is 5.69 Å². The summed E-state index contributed by atoms with van der Waals surface area (Å²) in [5, 5.41) is 4.26. The number of anilines is 1. The van der Waals surface area contributed by atoms with E-state index in [0.29, 0.717) is 23.5 Å². The highest BCUT2D eigenvalue weighted by molar-refractivity contribution is 5.78. The van der Waals surface area contributed by atoms with Crippen molar-refractivity contribution in [3.63, 3.8) is 0 Å². The Morgan fingerprint density at radius 1 is 1.07 bits per heavy atom. The number of rotatable bonds is 4. The second-order valence-electron chi connectivity index (χ2n) is 6.70. The van der Waals surface area contributed by atoms with E-state index in [1.165, 1.54) is 12.3 Å². The molecule has 4 aromatic heterocycles. The standard InChI is InChI=1S/C21H15F3N6/c1-25-16-4-6-20(27-11-16)29(2)13-14-7-8-30-19(9-14)17(12-28-30)18-5-3-15(10-26-18)21(22,23)24/h3-12H,13H2,2H3. The van der Waals surface area contributed by atoms with Crippen LogP contribution in [-0.4, -0.2) is 26.6 Å². The van der Waals surface area contributed by atoms with Gasteiger partial charge in [-0.25, -0.2) is 9.36 Å². The summed E-state index contributed by atoms with van der Waals surface area (Å²) in [6.07, 6.45) is 1.30. The van der Waals surface area contributed by atoms with Crippen LogP contribution < -0.4 is 4.90 Å². The number of fused-ring (bicyclic) bond motifs is 1. The van der Waals surface area contributed by atoms with Crippen LogP contribution in [0.2, 0.25) is 0 Å². The fourth-order valence-electron chi connectivity index (χ4n) is 3.07. The smallest absolute Gasteiger partial charge is 0.355 e. The van der Waals surface area contributed by atoms with Gasteiger partial charge in [-0.1, -0.05) is 6.07 Å². The zero-order valence-corrected chi connectivity index (χ0v) is 15.8. The highest BCUT2D eigenvalue weighted by Crippen LogP contribution is 2.31. The molecular weight excluding hydrogens is 393 g/mol. The first-order valence-electron chi connectivity index (χ1n) is 8.90. The van der Waals surface area contributed by atoms with Gasteiger partial charge in [0.05, 0.1) is 29.5 Å². The normalized spacial score (nSPS) is 11.4. The number of nitrogens with zero attached hydrogens (tertiary/aromatic N) is 6. The van der Waals surface area contributed by atoms with Gasteiger partial charge in [0.1, 0.15) is 5.82 Å². The Bertz CT molecular complexity index is 1220. The molecule has 4 rings (SSSR count). The van der Waals surface area contributed by atoms with Crippen LogP contribution in [0.1, 0.15) is 11.1 Å². The van der Waals surface area contributed by atoms with Gasteiger partial charge >= 0.3 is 6.18 Å². The molecule has 0 aliphatic carbocycles.